The van der Waals surface area contributed by atoms with Crippen LogP contribution in [0.3, 0.4) is 0 Å². The molecule has 2 aromatic rings. The highest BCUT2D eigenvalue weighted by atomic mass is 19.1. The normalized spacial score (nSPS) is 16.0. The Bertz CT molecular complexity index is 761. The highest BCUT2D eigenvalue weighted by Gasteiger charge is 2.24. The zero-order chi connectivity index (χ0) is 14.8. The molecule has 0 radical (unpaired) electrons. The summed E-state index contributed by atoms with van der Waals surface area (Å²) in [7, 11) is 0. The third kappa shape index (κ3) is 2.89. The number of carbonyl (C=O) groups is 1. The van der Waals surface area contributed by atoms with E-state index >= 15 is 0 Å². The summed E-state index contributed by atoms with van der Waals surface area (Å²) in [6.45, 7) is 1.97. The lowest BCUT2D eigenvalue weighted by atomic mass is 10.1. The van der Waals surface area contributed by atoms with Gasteiger partial charge >= 0.3 is 5.97 Å². The molecule has 0 spiro atoms. The number of hydrogen-bond acceptors (Lipinski definition) is 3. The zero-order valence-electron chi connectivity index (χ0n) is 11.3. The van der Waals surface area contributed by atoms with Crippen LogP contribution in [0.5, 0.6) is 0 Å². The van der Waals surface area contributed by atoms with E-state index in [0.29, 0.717) is 5.56 Å². The minimum Gasteiger partial charge on any atom is -0.402 e. The van der Waals surface area contributed by atoms with Gasteiger partial charge in [0.2, 0.25) is 5.90 Å². The van der Waals surface area contributed by atoms with Gasteiger partial charge < -0.3 is 4.74 Å². The number of rotatable bonds is 2. The van der Waals surface area contributed by atoms with Crippen LogP contribution < -0.4 is 0 Å². The summed E-state index contributed by atoms with van der Waals surface area (Å²) in [6.07, 6.45) is 1.67. The van der Waals surface area contributed by atoms with E-state index in [2.05, 4.69) is 4.99 Å². The molecule has 0 aromatic heterocycles. The molecule has 0 saturated heterocycles. The van der Waals surface area contributed by atoms with Crippen LogP contribution in [0, 0.1) is 12.7 Å². The zero-order valence-corrected chi connectivity index (χ0v) is 11.3. The molecule has 4 heteroatoms. The van der Waals surface area contributed by atoms with Crippen LogP contribution in [-0.4, -0.2) is 11.9 Å². The second-order valence-electron chi connectivity index (χ2n) is 4.76. The van der Waals surface area contributed by atoms with Gasteiger partial charge in [-0.2, -0.15) is 0 Å². The molecule has 0 bridgehead atoms. The SMILES string of the molecule is Cc1cccc(/C=C2\N=C(c3ccc(F)cc3)OC2=O)c1. The Morgan fingerprint density at radius 1 is 1.14 bits per heavy atom. The van der Waals surface area contributed by atoms with E-state index in [-0.39, 0.29) is 17.4 Å². The first-order valence-corrected chi connectivity index (χ1v) is 6.47. The van der Waals surface area contributed by atoms with Crippen LogP contribution in [0.2, 0.25) is 0 Å². The quantitative estimate of drug-likeness (QED) is 0.624. The molecule has 0 unspecified atom stereocenters. The van der Waals surface area contributed by atoms with Gasteiger partial charge in [-0.3, -0.25) is 0 Å². The molecule has 0 aliphatic carbocycles. The van der Waals surface area contributed by atoms with Gasteiger partial charge in [0, 0.05) is 5.56 Å². The second kappa shape index (κ2) is 5.32. The monoisotopic (exact) mass is 281 g/mol. The number of benzene rings is 2. The van der Waals surface area contributed by atoms with E-state index in [4.69, 9.17) is 4.74 Å². The van der Waals surface area contributed by atoms with Gasteiger partial charge in [0.1, 0.15) is 5.82 Å². The highest BCUT2D eigenvalue weighted by molar-refractivity contribution is 6.12. The van der Waals surface area contributed by atoms with E-state index in [1.54, 1.807) is 6.08 Å². The van der Waals surface area contributed by atoms with Crippen molar-refractivity contribution in [1.29, 1.82) is 0 Å². The first kappa shape index (κ1) is 13.2. The van der Waals surface area contributed by atoms with Crippen molar-refractivity contribution in [2.24, 2.45) is 4.99 Å². The molecule has 1 aliphatic rings. The van der Waals surface area contributed by atoms with Crippen molar-refractivity contribution >= 4 is 17.9 Å². The average molecular weight is 281 g/mol. The Balaban J connectivity index is 1.93. The van der Waals surface area contributed by atoms with Crippen molar-refractivity contribution in [3.63, 3.8) is 0 Å². The van der Waals surface area contributed by atoms with E-state index in [9.17, 15) is 9.18 Å². The first-order valence-electron chi connectivity index (χ1n) is 6.47. The number of carbonyl (C=O) groups excluding carboxylic acids is 1. The lowest BCUT2D eigenvalue weighted by Crippen LogP contribution is -2.05. The van der Waals surface area contributed by atoms with Gasteiger partial charge in [0.15, 0.2) is 5.70 Å². The number of aliphatic imine (C=N–C) groups is 1. The number of cyclic esters (lactones) is 1. The smallest absolute Gasteiger partial charge is 0.363 e. The molecule has 0 N–H and O–H groups in total. The maximum atomic E-state index is 12.9. The molecule has 0 amide bonds. The van der Waals surface area contributed by atoms with Crippen molar-refractivity contribution in [3.05, 3.63) is 76.7 Å². The van der Waals surface area contributed by atoms with Gasteiger partial charge in [-0.1, -0.05) is 29.8 Å². The van der Waals surface area contributed by atoms with Crippen molar-refractivity contribution < 1.29 is 13.9 Å². The molecule has 104 valence electrons. The average Bonchev–Trinajstić information content (AvgIpc) is 2.81. The Morgan fingerprint density at radius 3 is 2.62 bits per heavy atom. The summed E-state index contributed by atoms with van der Waals surface area (Å²) in [6, 6.07) is 13.4. The van der Waals surface area contributed by atoms with Gasteiger partial charge in [0.05, 0.1) is 0 Å². The molecule has 0 fully saturated rings. The predicted octanol–water partition coefficient (Wildman–Crippen LogP) is 3.48. The third-order valence-corrected chi connectivity index (χ3v) is 3.06. The van der Waals surface area contributed by atoms with Crippen molar-refractivity contribution in [1.82, 2.24) is 0 Å². The van der Waals surface area contributed by atoms with Crippen LogP contribution in [-0.2, 0) is 9.53 Å². The van der Waals surface area contributed by atoms with E-state index < -0.39 is 5.97 Å². The fourth-order valence-corrected chi connectivity index (χ4v) is 2.04. The van der Waals surface area contributed by atoms with E-state index in [0.717, 1.165) is 11.1 Å². The van der Waals surface area contributed by atoms with E-state index in [1.807, 2.05) is 31.2 Å². The summed E-state index contributed by atoms with van der Waals surface area (Å²) in [5, 5.41) is 0. The molecule has 2 aromatic carbocycles. The van der Waals surface area contributed by atoms with Gasteiger partial charge in [-0.25, -0.2) is 14.2 Å². The Hall–Kier alpha value is -2.75. The third-order valence-electron chi connectivity index (χ3n) is 3.06. The summed E-state index contributed by atoms with van der Waals surface area (Å²) >= 11 is 0. The van der Waals surface area contributed by atoms with Crippen LogP contribution in [0.25, 0.3) is 6.08 Å². The largest absolute Gasteiger partial charge is 0.402 e. The van der Waals surface area contributed by atoms with Crippen LogP contribution in [0.1, 0.15) is 16.7 Å². The first-order chi connectivity index (χ1) is 10.1. The molecule has 21 heavy (non-hydrogen) atoms. The molecule has 1 aliphatic heterocycles. The van der Waals surface area contributed by atoms with Crippen molar-refractivity contribution in [3.8, 4) is 0 Å². The fraction of sp³-hybridized carbons (Fsp3) is 0.0588. The van der Waals surface area contributed by atoms with Gasteiger partial charge in [-0.05, 0) is 42.8 Å². The summed E-state index contributed by atoms with van der Waals surface area (Å²) < 4.78 is 18.0. The number of esters is 1. The molecule has 3 nitrogen and oxygen atoms in total. The van der Waals surface area contributed by atoms with Gasteiger partial charge in [-0.15, -0.1) is 0 Å². The standard InChI is InChI=1S/C17H12FNO2/c1-11-3-2-4-12(9-11)10-15-17(20)21-16(19-15)13-5-7-14(18)8-6-13/h2-10H,1H3/b15-10-. The van der Waals surface area contributed by atoms with Crippen LogP contribution >= 0.6 is 0 Å². The number of ether oxygens (including phenoxy) is 1. The molecule has 1 heterocycles. The second-order valence-corrected chi connectivity index (χ2v) is 4.76. The van der Waals surface area contributed by atoms with Crippen LogP contribution in [0.4, 0.5) is 4.39 Å². The lowest BCUT2D eigenvalue weighted by molar-refractivity contribution is -0.129. The van der Waals surface area contributed by atoms with Crippen molar-refractivity contribution in [2.45, 2.75) is 6.92 Å². The number of nitrogens with zero attached hydrogens (tertiary/aromatic N) is 1. The maximum absolute atomic E-state index is 12.9. The molecule has 3 rings (SSSR count). The number of hydrogen-bond donors (Lipinski definition) is 0. The number of aryl methyl sites for hydroxylation is 1. The topological polar surface area (TPSA) is 38.7 Å². The molecular formula is C17H12FNO2. The summed E-state index contributed by atoms with van der Waals surface area (Å²) in [5.74, 6) is -0.658. The Labute approximate surface area is 121 Å². The summed E-state index contributed by atoms with van der Waals surface area (Å²) in [5.41, 5.74) is 2.78. The number of halogens is 1. The molecular weight excluding hydrogens is 269 g/mol. The lowest BCUT2D eigenvalue weighted by Gasteiger charge is -1.98. The fourth-order valence-electron chi connectivity index (χ4n) is 2.04. The predicted molar refractivity (Wildman–Crippen MR) is 78.2 cm³/mol. The van der Waals surface area contributed by atoms with Gasteiger partial charge in [0.25, 0.3) is 0 Å². The summed E-state index contributed by atoms with van der Waals surface area (Å²) in [4.78, 5) is 16.0. The maximum Gasteiger partial charge on any atom is 0.363 e. The van der Waals surface area contributed by atoms with Crippen LogP contribution in [0.15, 0.2) is 59.2 Å². The molecule has 0 saturated carbocycles. The highest BCUT2D eigenvalue weighted by Crippen LogP contribution is 2.19. The van der Waals surface area contributed by atoms with Crippen molar-refractivity contribution in [2.75, 3.05) is 0 Å². The molecule has 0 atom stereocenters. The Morgan fingerprint density at radius 2 is 1.90 bits per heavy atom. The van der Waals surface area contributed by atoms with E-state index in [1.165, 1.54) is 24.3 Å². The Kier molecular flexibility index (Phi) is 3.36. The minimum absolute atomic E-state index is 0.193. The minimum atomic E-state index is -0.504.